The van der Waals surface area contributed by atoms with E-state index in [9.17, 15) is 4.79 Å². The van der Waals surface area contributed by atoms with Crippen molar-refractivity contribution in [3.05, 3.63) is 0 Å². The van der Waals surface area contributed by atoms with Gasteiger partial charge in [-0.1, -0.05) is 0 Å². The molecule has 0 aromatic heterocycles. The second kappa shape index (κ2) is 7.63. The van der Waals surface area contributed by atoms with Crippen molar-refractivity contribution in [3.8, 4) is 0 Å². The first-order chi connectivity index (χ1) is 7.72. The Morgan fingerprint density at radius 1 is 1.44 bits per heavy atom. The molecule has 1 fully saturated rings. The van der Waals surface area contributed by atoms with Gasteiger partial charge in [0.25, 0.3) is 0 Å². The zero-order valence-corrected chi connectivity index (χ0v) is 10.6. The fourth-order valence-corrected chi connectivity index (χ4v) is 2.25. The first-order valence-electron chi connectivity index (χ1n) is 6.32. The van der Waals surface area contributed by atoms with Crippen molar-refractivity contribution >= 4 is 5.91 Å². The van der Waals surface area contributed by atoms with E-state index >= 15 is 0 Å². The van der Waals surface area contributed by atoms with Crippen LogP contribution in [0.2, 0.25) is 0 Å². The summed E-state index contributed by atoms with van der Waals surface area (Å²) in [6, 6.07) is 0. The number of hydrogen-bond acceptors (Lipinski definition) is 3. The van der Waals surface area contributed by atoms with Gasteiger partial charge in [0.1, 0.15) is 0 Å². The van der Waals surface area contributed by atoms with Crippen LogP contribution in [0.25, 0.3) is 0 Å². The van der Waals surface area contributed by atoms with Gasteiger partial charge in [-0.25, -0.2) is 0 Å². The average Bonchev–Trinajstić information content (AvgIpc) is 2.26. The summed E-state index contributed by atoms with van der Waals surface area (Å²) in [5.41, 5.74) is 0. The molecule has 1 aliphatic rings. The van der Waals surface area contributed by atoms with E-state index in [0.29, 0.717) is 6.42 Å². The molecule has 1 amide bonds. The van der Waals surface area contributed by atoms with Crippen LogP contribution in [0.15, 0.2) is 0 Å². The second-order valence-electron chi connectivity index (χ2n) is 4.76. The minimum Gasteiger partial charge on any atom is -0.356 e. The number of nitrogens with zero attached hydrogens (tertiary/aromatic N) is 1. The summed E-state index contributed by atoms with van der Waals surface area (Å²) < 4.78 is 0. The number of rotatable bonds is 6. The maximum absolute atomic E-state index is 11.3. The number of amides is 1. The molecular formula is C12H25N3O. The molecule has 1 unspecified atom stereocenters. The van der Waals surface area contributed by atoms with Crippen molar-refractivity contribution in [2.75, 3.05) is 40.3 Å². The normalized spacial score (nSPS) is 22.0. The standard InChI is InChI=1S/C12H25N3O/c1-13-7-6-12(16)14-8-5-11-4-3-9-15(2)10-11/h11,13H,3-10H2,1-2H3,(H,14,16). The Morgan fingerprint density at radius 2 is 2.25 bits per heavy atom. The van der Waals surface area contributed by atoms with E-state index < -0.39 is 0 Å². The number of hydrogen-bond donors (Lipinski definition) is 2. The maximum Gasteiger partial charge on any atom is 0.221 e. The van der Waals surface area contributed by atoms with Crippen LogP contribution in [0, 0.1) is 5.92 Å². The lowest BCUT2D eigenvalue weighted by molar-refractivity contribution is -0.121. The third-order valence-corrected chi connectivity index (χ3v) is 3.20. The molecule has 0 saturated carbocycles. The van der Waals surface area contributed by atoms with Gasteiger partial charge >= 0.3 is 0 Å². The highest BCUT2D eigenvalue weighted by atomic mass is 16.1. The van der Waals surface area contributed by atoms with E-state index in [0.717, 1.165) is 25.4 Å². The zero-order chi connectivity index (χ0) is 11.8. The smallest absolute Gasteiger partial charge is 0.221 e. The van der Waals surface area contributed by atoms with Crippen LogP contribution in [-0.4, -0.2) is 51.1 Å². The van der Waals surface area contributed by atoms with Crippen LogP contribution in [0.1, 0.15) is 25.7 Å². The molecule has 1 rings (SSSR count). The monoisotopic (exact) mass is 227 g/mol. The number of piperidine rings is 1. The lowest BCUT2D eigenvalue weighted by Crippen LogP contribution is -2.35. The van der Waals surface area contributed by atoms with E-state index in [2.05, 4.69) is 22.6 Å². The fraction of sp³-hybridized carbons (Fsp3) is 0.917. The molecule has 0 aromatic rings. The molecule has 4 nitrogen and oxygen atoms in total. The largest absolute Gasteiger partial charge is 0.356 e. The Balaban J connectivity index is 2.03. The van der Waals surface area contributed by atoms with Crippen LogP contribution in [0.5, 0.6) is 0 Å². The van der Waals surface area contributed by atoms with Crippen LogP contribution >= 0.6 is 0 Å². The van der Waals surface area contributed by atoms with Gasteiger partial charge in [0, 0.05) is 26.1 Å². The van der Waals surface area contributed by atoms with Crippen molar-refractivity contribution in [1.82, 2.24) is 15.5 Å². The van der Waals surface area contributed by atoms with Crippen LogP contribution in [0.3, 0.4) is 0 Å². The first-order valence-corrected chi connectivity index (χ1v) is 6.32. The molecule has 16 heavy (non-hydrogen) atoms. The predicted octanol–water partition coefficient (Wildman–Crippen LogP) is 0.444. The molecule has 0 aliphatic carbocycles. The van der Waals surface area contributed by atoms with Gasteiger partial charge in [-0.05, 0) is 45.8 Å². The van der Waals surface area contributed by atoms with Gasteiger partial charge in [-0.15, -0.1) is 0 Å². The molecule has 0 radical (unpaired) electrons. The lowest BCUT2D eigenvalue weighted by atomic mass is 9.95. The first kappa shape index (κ1) is 13.5. The predicted molar refractivity (Wildman–Crippen MR) is 66.4 cm³/mol. The van der Waals surface area contributed by atoms with Crippen molar-refractivity contribution in [3.63, 3.8) is 0 Å². The molecular weight excluding hydrogens is 202 g/mol. The lowest BCUT2D eigenvalue weighted by Gasteiger charge is -2.29. The topological polar surface area (TPSA) is 44.4 Å². The summed E-state index contributed by atoms with van der Waals surface area (Å²) in [7, 11) is 4.04. The minimum absolute atomic E-state index is 0.165. The Kier molecular flexibility index (Phi) is 6.42. The van der Waals surface area contributed by atoms with E-state index in [4.69, 9.17) is 0 Å². The average molecular weight is 227 g/mol. The zero-order valence-electron chi connectivity index (χ0n) is 10.6. The highest BCUT2D eigenvalue weighted by Gasteiger charge is 2.16. The fourth-order valence-electron chi connectivity index (χ4n) is 2.25. The highest BCUT2D eigenvalue weighted by molar-refractivity contribution is 5.75. The summed E-state index contributed by atoms with van der Waals surface area (Å²) in [5.74, 6) is 0.932. The molecule has 4 heteroatoms. The number of carbonyl (C=O) groups is 1. The van der Waals surface area contributed by atoms with Crippen molar-refractivity contribution in [2.24, 2.45) is 5.92 Å². The quantitative estimate of drug-likeness (QED) is 0.692. The molecule has 0 bridgehead atoms. The molecule has 94 valence electrons. The Labute approximate surface area is 98.8 Å². The van der Waals surface area contributed by atoms with E-state index in [1.165, 1.54) is 25.9 Å². The molecule has 1 atom stereocenters. The van der Waals surface area contributed by atoms with Crippen LogP contribution in [0.4, 0.5) is 0 Å². The van der Waals surface area contributed by atoms with Gasteiger partial charge < -0.3 is 15.5 Å². The Bertz CT molecular complexity index is 208. The summed E-state index contributed by atoms with van der Waals surface area (Å²) >= 11 is 0. The third kappa shape index (κ3) is 5.47. The number of likely N-dealkylation sites (tertiary alicyclic amines) is 1. The summed E-state index contributed by atoms with van der Waals surface area (Å²) in [5, 5.41) is 5.96. The molecule has 0 spiro atoms. The van der Waals surface area contributed by atoms with Gasteiger partial charge in [-0.2, -0.15) is 0 Å². The SMILES string of the molecule is CNCCC(=O)NCCC1CCCN(C)C1. The summed E-state index contributed by atoms with van der Waals surface area (Å²) in [6.07, 6.45) is 4.32. The minimum atomic E-state index is 0.165. The number of nitrogens with one attached hydrogen (secondary N) is 2. The summed E-state index contributed by atoms with van der Waals surface area (Å²) in [4.78, 5) is 13.7. The number of carbonyl (C=O) groups excluding carboxylic acids is 1. The van der Waals surface area contributed by atoms with Crippen molar-refractivity contribution < 1.29 is 4.79 Å². The molecule has 1 saturated heterocycles. The maximum atomic E-state index is 11.3. The molecule has 1 aliphatic heterocycles. The van der Waals surface area contributed by atoms with Crippen molar-refractivity contribution in [2.45, 2.75) is 25.7 Å². The van der Waals surface area contributed by atoms with Gasteiger partial charge in [-0.3, -0.25) is 4.79 Å². The van der Waals surface area contributed by atoms with Crippen molar-refractivity contribution in [1.29, 1.82) is 0 Å². The van der Waals surface area contributed by atoms with E-state index in [1.807, 2.05) is 7.05 Å². The Hall–Kier alpha value is -0.610. The van der Waals surface area contributed by atoms with E-state index in [-0.39, 0.29) is 5.91 Å². The van der Waals surface area contributed by atoms with Gasteiger partial charge in [0.05, 0.1) is 0 Å². The summed E-state index contributed by atoms with van der Waals surface area (Å²) in [6.45, 7) is 4.01. The highest BCUT2D eigenvalue weighted by Crippen LogP contribution is 2.17. The van der Waals surface area contributed by atoms with Gasteiger partial charge in [0.15, 0.2) is 0 Å². The third-order valence-electron chi connectivity index (χ3n) is 3.20. The molecule has 0 aromatic carbocycles. The second-order valence-corrected chi connectivity index (χ2v) is 4.76. The Morgan fingerprint density at radius 3 is 2.94 bits per heavy atom. The van der Waals surface area contributed by atoms with Crippen LogP contribution in [-0.2, 0) is 4.79 Å². The van der Waals surface area contributed by atoms with E-state index in [1.54, 1.807) is 0 Å². The van der Waals surface area contributed by atoms with Crippen LogP contribution < -0.4 is 10.6 Å². The molecule has 2 N–H and O–H groups in total. The van der Waals surface area contributed by atoms with Gasteiger partial charge in [0.2, 0.25) is 5.91 Å². The molecule has 1 heterocycles.